The van der Waals surface area contributed by atoms with Crippen molar-refractivity contribution in [2.24, 2.45) is 17.6 Å². The lowest BCUT2D eigenvalue weighted by Crippen LogP contribution is -2.61. The molecule has 0 heterocycles. The molecule has 0 aliphatic heterocycles. The summed E-state index contributed by atoms with van der Waals surface area (Å²) in [7, 11) is 0. The van der Waals surface area contributed by atoms with Crippen LogP contribution >= 0.6 is 0 Å². The standard InChI is InChI=1S/C16H32N2/c1-4-5-10-18(15-6-7-15)16(12-17)9-8-13(2)11-14(16)3/h13-15H,4-12,17H2,1-3H3. The van der Waals surface area contributed by atoms with Crippen molar-refractivity contribution in [3.63, 3.8) is 0 Å². The first-order valence-corrected chi connectivity index (χ1v) is 8.11. The van der Waals surface area contributed by atoms with Crippen LogP contribution in [0.1, 0.15) is 65.7 Å². The van der Waals surface area contributed by atoms with E-state index in [0.717, 1.165) is 24.4 Å². The van der Waals surface area contributed by atoms with Gasteiger partial charge in [0.25, 0.3) is 0 Å². The summed E-state index contributed by atoms with van der Waals surface area (Å²) in [4.78, 5) is 2.83. The van der Waals surface area contributed by atoms with Crippen LogP contribution in [-0.4, -0.2) is 29.6 Å². The van der Waals surface area contributed by atoms with Crippen LogP contribution in [0.3, 0.4) is 0 Å². The Balaban J connectivity index is 2.12. The third kappa shape index (κ3) is 2.75. The van der Waals surface area contributed by atoms with Gasteiger partial charge in [-0.15, -0.1) is 0 Å². The van der Waals surface area contributed by atoms with Gasteiger partial charge in [-0.3, -0.25) is 4.90 Å². The summed E-state index contributed by atoms with van der Waals surface area (Å²) >= 11 is 0. The fourth-order valence-corrected chi connectivity index (χ4v) is 4.01. The molecule has 2 aliphatic carbocycles. The molecule has 0 spiro atoms. The van der Waals surface area contributed by atoms with Gasteiger partial charge in [-0.25, -0.2) is 0 Å². The van der Waals surface area contributed by atoms with Gasteiger partial charge in [-0.05, 0) is 56.9 Å². The second-order valence-corrected chi connectivity index (χ2v) is 6.87. The highest BCUT2D eigenvalue weighted by molar-refractivity contribution is 5.04. The summed E-state index contributed by atoms with van der Waals surface area (Å²) in [6.07, 6.45) is 9.52. The highest BCUT2D eigenvalue weighted by atomic mass is 15.3. The molecular weight excluding hydrogens is 220 g/mol. The molecule has 0 aromatic carbocycles. The van der Waals surface area contributed by atoms with Crippen molar-refractivity contribution in [1.29, 1.82) is 0 Å². The van der Waals surface area contributed by atoms with E-state index < -0.39 is 0 Å². The maximum Gasteiger partial charge on any atom is 0.0360 e. The van der Waals surface area contributed by atoms with E-state index in [1.54, 1.807) is 0 Å². The van der Waals surface area contributed by atoms with Crippen LogP contribution in [0.15, 0.2) is 0 Å². The smallest absolute Gasteiger partial charge is 0.0360 e. The van der Waals surface area contributed by atoms with Crippen LogP contribution in [0.5, 0.6) is 0 Å². The second kappa shape index (κ2) is 5.92. The first-order chi connectivity index (χ1) is 8.64. The molecule has 0 saturated heterocycles. The molecule has 3 unspecified atom stereocenters. The summed E-state index contributed by atoms with van der Waals surface area (Å²) in [6, 6.07) is 0.857. The Hall–Kier alpha value is -0.0800. The molecule has 2 saturated carbocycles. The van der Waals surface area contributed by atoms with Gasteiger partial charge in [0, 0.05) is 18.1 Å². The third-order valence-corrected chi connectivity index (χ3v) is 5.41. The molecular formula is C16H32N2. The van der Waals surface area contributed by atoms with Gasteiger partial charge in [0.2, 0.25) is 0 Å². The molecule has 0 amide bonds. The van der Waals surface area contributed by atoms with Crippen molar-refractivity contribution in [2.75, 3.05) is 13.1 Å². The SMILES string of the molecule is CCCCN(C1CC1)C1(CN)CCC(C)CC1C. The van der Waals surface area contributed by atoms with Gasteiger partial charge in [-0.1, -0.05) is 27.2 Å². The molecule has 3 atom stereocenters. The van der Waals surface area contributed by atoms with E-state index >= 15 is 0 Å². The monoisotopic (exact) mass is 252 g/mol. The maximum absolute atomic E-state index is 6.27. The van der Waals surface area contributed by atoms with Gasteiger partial charge in [0.15, 0.2) is 0 Å². The molecule has 2 N–H and O–H groups in total. The molecule has 0 bridgehead atoms. The van der Waals surface area contributed by atoms with Crippen molar-refractivity contribution in [2.45, 2.75) is 77.3 Å². The van der Waals surface area contributed by atoms with Gasteiger partial charge in [0.1, 0.15) is 0 Å². The molecule has 0 radical (unpaired) electrons. The van der Waals surface area contributed by atoms with E-state index in [1.807, 2.05) is 0 Å². The lowest BCUT2D eigenvalue weighted by molar-refractivity contribution is -0.00739. The summed E-state index contributed by atoms with van der Waals surface area (Å²) in [5.74, 6) is 1.66. The van der Waals surface area contributed by atoms with E-state index in [4.69, 9.17) is 5.73 Å². The summed E-state index contributed by atoms with van der Waals surface area (Å²) in [5, 5.41) is 0. The van der Waals surface area contributed by atoms with E-state index in [2.05, 4.69) is 25.7 Å². The highest BCUT2D eigenvalue weighted by Crippen LogP contribution is 2.45. The van der Waals surface area contributed by atoms with E-state index in [1.165, 1.54) is 51.5 Å². The molecule has 2 rings (SSSR count). The average Bonchev–Trinajstić information content (AvgIpc) is 3.16. The van der Waals surface area contributed by atoms with Crippen LogP contribution in [0.25, 0.3) is 0 Å². The van der Waals surface area contributed by atoms with Crippen molar-refractivity contribution in [1.82, 2.24) is 4.90 Å². The second-order valence-electron chi connectivity index (χ2n) is 6.87. The molecule has 2 nitrogen and oxygen atoms in total. The summed E-state index contributed by atoms with van der Waals surface area (Å²) < 4.78 is 0. The molecule has 2 aliphatic rings. The van der Waals surface area contributed by atoms with Crippen LogP contribution in [-0.2, 0) is 0 Å². The van der Waals surface area contributed by atoms with Gasteiger partial charge < -0.3 is 5.73 Å². The minimum absolute atomic E-state index is 0.322. The lowest BCUT2D eigenvalue weighted by atomic mass is 9.68. The fourth-order valence-electron chi connectivity index (χ4n) is 4.01. The third-order valence-electron chi connectivity index (χ3n) is 5.41. The Morgan fingerprint density at radius 2 is 1.94 bits per heavy atom. The number of nitrogens with two attached hydrogens (primary N) is 1. The molecule has 2 fully saturated rings. The van der Waals surface area contributed by atoms with E-state index in [-0.39, 0.29) is 0 Å². The predicted octanol–water partition coefficient (Wildman–Crippen LogP) is 3.40. The first-order valence-electron chi connectivity index (χ1n) is 8.11. The molecule has 18 heavy (non-hydrogen) atoms. The Labute approximate surface area is 113 Å². The fraction of sp³-hybridized carbons (Fsp3) is 1.00. The highest BCUT2D eigenvalue weighted by Gasteiger charge is 2.48. The van der Waals surface area contributed by atoms with Crippen molar-refractivity contribution in [3.8, 4) is 0 Å². The number of nitrogens with zero attached hydrogens (tertiary/aromatic N) is 1. The summed E-state index contributed by atoms with van der Waals surface area (Å²) in [5.41, 5.74) is 6.59. The van der Waals surface area contributed by atoms with Crippen LogP contribution < -0.4 is 5.73 Å². The molecule has 2 heteroatoms. The number of hydrogen-bond acceptors (Lipinski definition) is 2. The maximum atomic E-state index is 6.27. The largest absolute Gasteiger partial charge is 0.329 e. The van der Waals surface area contributed by atoms with Crippen molar-refractivity contribution >= 4 is 0 Å². The van der Waals surface area contributed by atoms with E-state index in [9.17, 15) is 0 Å². The van der Waals surface area contributed by atoms with Crippen LogP contribution in [0.4, 0.5) is 0 Å². The Morgan fingerprint density at radius 3 is 2.44 bits per heavy atom. The Kier molecular flexibility index (Phi) is 4.71. The lowest BCUT2D eigenvalue weighted by Gasteiger charge is -2.52. The van der Waals surface area contributed by atoms with Gasteiger partial charge in [-0.2, -0.15) is 0 Å². The van der Waals surface area contributed by atoms with Gasteiger partial charge >= 0.3 is 0 Å². The number of unbranched alkanes of at least 4 members (excludes halogenated alkanes) is 1. The normalized spacial score (nSPS) is 37.2. The Bertz CT molecular complexity index is 262. The number of rotatable bonds is 6. The van der Waals surface area contributed by atoms with E-state index in [0.29, 0.717) is 5.54 Å². The van der Waals surface area contributed by atoms with Crippen molar-refractivity contribution < 1.29 is 0 Å². The first kappa shape index (κ1) is 14.3. The Morgan fingerprint density at radius 1 is 1.22 bits per heavy atom. The molecule has 0 aromatic heterocycles. The molecule has 106 valence electrons. The number of hydrogen-bond donors (Lipinski definition) is 1. The summed E-state index contributed by atoms with van der Waals surface area (Å²) in [6.45, 7) is 9.29. The quantitative estimate of drug-likeness (QED) is 0.785. The zero-order valence-electron chi connectivity index (χ0n) is 12.6. The van der Waals surface area contributed by atoms with Gasteiger partial charge in [0.05, 0.1) is 0 Å². The minimum Gasteiger partial charge on any atom is -0.329 e. The topological polar surface area (TPSA) is 29.3 Å². The average molecular weight is 252 g/mol. The van der Waals surface area contributed by atoms with Crippen LogP contribution in [0, 0.1) is 11.8 Å². The minimum atomic E-state index is 0.322. The zero-order valence-corrected chi connectivity index (χ0v) is 12.6. The zero-order chi connectivity index (χ0) is 13.2. The van der Waals surface area contributed by atoms with Crippen molar-refractivity contribution in [3.05, 3.63) is 0 Å². The van der Waals surface area contributed by atoms with Crippen LogP contribution in [0.2, 0.25) is 0 Å². The molecule has 0 aromatic rings. The predicted molar refractivity (Wildman–Crippen MR) is 78.6 cm³/mol.